The Morgan fingerprint density at radius 1 is 1.18 bits per heavy atom. The summed E-state index contributed by atoms with van der Waals surface area (Å²) in [5, 5.41) is 0. The molecule has 2 heterocycles. The van der Waals surface area contributed by atoms with Gasteiger partial charge in [-0.15, -0.1) is 0 Å². The number of aryl methyl sites for hydroxylation is 1. The average Bonchev–Trinajstić information content (AvgIpc) is 2.28. The number of sulfonamides is 1. The van der Waals surface area contributed by atoms with Crippen molar-refractivity contribution < 1.29 is 8.42 Å². The van der Waals surface area contributed by atoms with Crippen LogP contribution in [0.3, 0.4) is 0 Å². The summed E-state index contributed by atoms with van der Waals surface area (Å²) in [6.45, 7) is 2.41. The highest BCUT2D eigenvalue weighted by Gasteiger charge is 2.31. The van der Waals surface area contributed by atoms with Crippen molar-refractivity contribution >= 4 is 21.4 Å². The van der Waals surface area contributed by atoms with Crippen LogP contribution in [0.25, 0.3) is 0 Å². The first-order valence-electron chi connectivity index (χ1n) is 5.92. The van der Waals surface area contributed by atoms with Gasteiger partial charge in [0.05, 0.1) is 24.2 Å². The van der Waals surface area contributed by atoms with E-state index < -0.39 is 10.0 Å². The van der Waals surface area contributed by atoms with E-state index >= 15 is 0 Å². The van der Waals surface area contributed by atoms with Crippen molar-refractivity contribution in [2.75, 3.05) is 35.1 Å². The maximum Gasteiger partial charge on any atom is 0.232 e. The number of benzene rings is 1. The van der Waals surface area contributed by atoms with Crippen molar-refractivity contribution in [2.45, 2.75) is 12.8 Å². The molecule has 0 saturated carbocycles. The lowest BCUT2D eigenvalue weighted by molar-refractivity contribution is 0.591. The first-order chi connectivity index (χ1) is 8.07. The predicted molar refractivity (Wildman–Crippen MR) is 69.2 cm³/mol. The molecule has 2 aliphatic rings. The predicted octanol–water partition coefficient (Wildman–Crippen LogP) is 1.22. The lowest BCUT2D eigenvalue weighted by atomic mass is 9.99. The SMILES string of the molecule is CS(=O)(=O)N1CCN2CCCc3cccc1c32. The fraction of sp³-hybridized carbons (Fsp3) is 0.500. The van der Waals surface area contributed by atoms with Gasteiger partial charge >= 0.3 is 0 Å². The summed E-state index contributed by atoms with van der Waals surface area (Å²) in [7, 11) is -3.16. The Morgan fingerprint density at radius 3 is 2.76 bits per heavy atom. The lowest BCUT2D eigenvalue weighted by Gasteiger charge is -2.41. The number of hydrogen-bond acceptors (Lipinski definition) is 3. The van der Waals surface area contributed by atoms with Crippen LogP contribution in [0.15, 0.2) is 18.2 Å². The van der Waals surface area contributed by atoms with Crippen LogP contribution in [0, 0.1) is 0 Å². The van der Waals surface area contributed by atoms with Crippen molar-refractivity contribution in [3.05, 3.63) is 23.8 Å². The van der Waals surface area contributed by atoms with E-state index in [1.807, 2.05) is 12.1 Å². The number of rotatable bonds is 1. The van der Waals surface area contributed by atoms with Crippen LogP contribution in [-0.2, 0) is 16.4 Å². The van der Waals surface area contributed by atoms with Gasteiger partial charge < -0.3 is 4.90 Å². The summed E-state index contributed by atoms with van der Waals surface area (Å²) >= 11 is 0. The number of anilines is 2. The van der Waals surface area contributed by atoms with E-state index in [9.17, 15) is 8.42 Å². The molecule has 0 unspecified atom stereocenters. The van der Waals surface area contributed by atoms with E-state index in [0.29, 0.717) is 6.54 Å². The van der Waals surface area contributed by atoms with Gasteiger partial charge in [0.25, 0.3) is 0 Å². The number of nitrogens with zero attached hydrogens (tertiary/aromatic N) is 2. The molecule has 0 saturated heterocycles. The summed E-state index contributed by atoms with van der Waals surface area (Å²) in [5.74, 6) is 0. The molecule has 4 nitrogen and oxygen atoms in total. The smallest absolute Gasteiger partial charge is 0.232 e. The van der Waals surface area contributed by atoms with Crippen LogP contribution < -0.4 is 9.21 Å². The Morgan fingerprint density at radius 2 is 2.00 bits per heavy atom. The zero-order chi connectivity index (χ0) is 12.0. The standard InChI is InChI=1S/C12H16N2O2S/c1-17(15,16)14-9-8-13-7-3-5-10-4-2-6-11(14)12(10)13/h2,4,6H,3,5,7-9H2,1H3. The summed E-state index contributed by atoms with van der Waals surface area (Å²) in [4.78, 5) is 2.32. The van der Waals surface area contributed by atoms with Crippen molar-refractivity contribution in [3.8, 4) is 0 Å². The monoisotopic (exact) mass is 252 g/mol. The third kappa shape index (κ3) is 1.69. The van der Waals surface area contributed by atoms with Crippen LogP contribution in [0.1, 0.15) is 12.0 Å². The molecule has 0 aliphatic carbocycles. The summed E-state index contributed by atoms with van der Waals surface area (Å²) in [5.41, 5.74) is 3.27. The Kier molecular flexibility index (Phi) is 2.33. The van der Waals surface area contributed by atoms with E-state index in [1.165, 1.54) is 16.1 Å². The summed E-state index contributed by atoms with van der Waals surface area (Å²) in [6, 6.07) is 5.98. The highest BCUT2D eigenvalue weighted by molar-refractivity contribution is 7.92. The molecule has 0 radical (unpaired) electrons. The fourth-order valence-corrected chi connectivity index (χ4v) is 3.74. The topological polar surface area (TPSA) is 40.6 Å². The quantitative estimate of drug-likeness (QED) is 0.754. The van der Waals surface area contributed by atoms with Gasteiger partial charge in [-0.3, -0.25) is 4.31 Å². The maximum atomic E-state index is 11.8. The Labute approximate surface area is 102 Å². The Bertz CT molecular complexity index is 554. The van der Waals surface area contributed by atoms with Crippen LogP contribution in [0.4, 0.5) is 11.4 Å². The van der Waals surface area contributed by atoms with Gasteiger partial charge in [-0.25, -0.2) is 8.42 Å². The molecular weight excluding hydrogens is 236 g/mol. The molecule has 92 valence electrons. The molecule has 0 atom stereocenters. The van der Waals surface area contributed by atoms with E-state index in [4.69, 9.17) is 0 Å². The second-order valence-corrected chi connectivity index (χ2v) is 6.62. The average molecular weight is 252 g/mol. The molecule has 0 fully saturated rings. The first kappa shape index (κ1) is 10.9. The van der Waals surface area contributed by atoms with Crippen LogP contribution >= 0.6 is 0 Å². The third-order valence-electron chi connectivity index (χ3n) is 3.53. The van der Waals surface area contributed by atoms with E-state index in [-0.39, 0.29) is 0 Å². The van der Waals surface area contributed by atoms with Crippen molar-refractivity contribution in [1.82, 2.24) is 0 Å². The molecule has 0 bridgehead atoms. The van der Waals surface area contributed by atoms with Gasteiger partial charge in [-0.1, -0.05) is 12.1 Å². The zero-order valence-corrected chi connectivity index (χ0v) is 10.7. The molecule has 1 aromatic carbocycles. The van der Waals surface area contributed by atoms with Gasteiger partial charge in [0, 0.05) is 13.1 Å². The van der Waals surface area contributed by atoms with Crippen molar-refractivity contribution in [2.24, 2.45) is 0 Å². The number of para-hydroxylation sites is 1. The largest absolute Gasteiger partial charge is 0.368 e. The van der Waals surface area contributed by atoms with Crippen LogP contribution in [0.5, 0.6) is 0 Å². The maximum absolute atomic E-state index is 11.8. The molecule has 0 N–H and O–H groups in total. The van der Waals surface area contributed by atoms with Gasteiger partial charge in [-0.05, 0) is 24.5 Å². The highest BCUT2D eigenvalue weighted by Crippen LogP contribution is 2.40. The minimum Gasteiger partial charge on any atom is -0.368 e. The molecule has 0 aromatic heterocycles. The third-order valence-corrected chi connectivity index (χ3v) is 4.71. The minimum atomic E-state index is -3.16. The second-order valence-electron chi connectivity index (χ2n) is 4.71. The van der Waals surface area contributed by atoms with E-state index in [0.717, 1.165) is 37.3 Å². The molecular formula is C12H16N2O2S. The molecule has 0 spiro atoms. The van der Waals surface area contributed by atoms with E-state index in [2.05, 4.69) is 11.0 Å². The van der Waals surface area contributed by atoms with Gasteiger partial charge in [0.1, 0.15) is 0 Å². The highest BCUT2D eigenvalue weighted by atomic mass is 32.2. The molecule has 1 aromatic rings. The molecule has 17 heavy (non-hydrogen) atoms. The lowest BCUT2D eigenvalue weighted by Crippen LogP contribution is -2.45. The van der Waals surface area contributed by atoms with Gasteiger partial charge in [-0.2, -0.15) is 0 Å². The normalized spacial score (nSPS) is 19.1. The molecule has 3 rings (SSSR count). The van der Waals surface area contributed by atoms with Gasteiger partial charge in [0.15, 0.2) is 0 Å². The van der Waals surface area contributed by atoms with E-state index in [1.54, 1.807) is 0 Å². The molecule has 0 amide bonds. The number of hydrogen-bond donors (Lipinski definition) is 0. The van der Waals surface area contributed by atoms with Gasteiger partial charge in [0.2, 0.25) is 10.0 Å². The molecule has 2 aliphatic heterocycles. The Balaban J connectivity index is 2.19. The fourth-order valence-electron chi connectivity index (χ4n) is 2.82. The second kappa shape index (κ2) is 3.63. The van der Waals surface area contributed by atoms with Crippen molar-refractivity contribution in [3.63, 3.8) is 0 Å². The van der Waals surface area contributed by atoms with Crippen LogP contribution in [0.2, 0.25) is 0 Å². The first-order valence-corrected chi connectivity index (χ1v) is 7.77. The minimum absolute atomic E-state index is 0.565. The van der Waals surface area contributed by atoms with Crippen molar-refractivity contribution in [1.29, 1.82) is 0 Å². The summed E-state index contributed by atoms with van der Waals surface area (Å²) < 4.78 is 25.1. The summed E-state index contributed by atoms with van der Waals surface area (Å²) in [6.07, 6.45) is 3.50. The Hall–Kier alpha value is -1.23. The molecule has 5 heteroatoms. The zero-order valence-electron chi connectivity index (χ0n) is 9.89. The van der Waals surface area contributed by atoms with Crippen LogP contribution in [-0.4, -0.2) is 34.3 Å².